The van der Waals surface area contributed by atoms with Gasteiger partial charge in [-0.3, -0.25) is 19.3 Å². The van der Waals surface area contributed by atoms with Crippen molar-refractivity contribution in [3.63, 3.8) is 0 Å². The van der Waals surface area contributed by atoms with E-state index in [1.807, 2.05) is 17.9 Å². The van der Waals surface area contributed by atoms with Crippen LogP contribution in [-0.2, 0) is 20.9 Å². The third-order valence-electron chi connectivity index (χ3n) is 6.41. The van der Waals surface area contributed by atoms with Crippen LogP contribution in [0.25, 0.3) is 0 Å². The second-order valence-corrected chi connectivity index (χ2v) is 9.21. The van der Waals surface area contributed by atoms with Crippen LogP contribution in [0.2, 0.25) is 5.02 Å². The molecule has 3 rings (SSSR count). The van der Waals surface area contributed by atoms with Crippen LogP contribution in [0.3, 0.4) is 0 Å². The molecule has 8 heteroatoms. The molecular weight excluding hydrogens is 418 g/mol. The Labute approximate surface area is 188 Å². The lowest BCUT2D eigenvalue weighted by Crippen LogP contribution is -2.54. The predicted octanol–water partition coefficient (Wildman–Crippen LogP) is 3.67. The molecule has 1 aromatic carbocycles. The predicted molar refractivity (Wildman–Crippen MR) is 120 cm³/mol. The Morgan fingerprint density at radius 3 is 2.52 bits per heavy atom. The molecule has 1 aliphatic heterocycles. The molecule has 7 nitrogen and oxygen atoms in total. The van der Waals surface area contributed by atoms with E-state index in [2.05, 4.69) is 17.1 Å². The Hall–Kier alpha value is -2.12. The summed E-state index contributed by atoms with van der Waals surface area (Å²) in [5.74, 6) is -0.823. The highest BCUT2D eigenvalue weighted by Crippen LogP contribution is 2.29. The first-order valence-corrected chi connectivity index (χ1v) is 11.5. The fourth-order valence-corrected chi connectivity index (χ4v) is 4.86. The van der Waals surface area contributed by atoms with E-state index in [1.165, 1.54) is 0 Å². The molecule has 1 saturated carbocycles. The first-order chi connectivity index (χ1) is 14.7. The molecule has 1 heterocycles. The molecule has 2 amide bonds. The monoisotopic (exact) mass is 449 g/mol. The van der Waals surface area contributed by atoms with Crippen LogP contribution >= 0.6 is 11.6 Å². The Bertz CT molecular complexity index is 838. The maximum absolute atomic E-state index is 12.8. The molecule has 2 fully saturated rings. The molecular formula is C23H32ClN3O4. The lowest BCUT2D eigenvalue weighted by molar-refractivity contribution is -0.140. The number of carbonyl (C=O) groups excluding carboxylic acids is 2. The molecule has 0 radical (unpaired) electrons. The van der Waals surface area contributed by atoms with Crippen LogP contribution in [0.1, 0.15) is 56.6 Å². The number of carbonyl (C=O) groups is 3. The van der Waals surface area contributed by atoms with Gasteiger partial charge < -0.3 is 15.3 Å². The van der Waals surface area contributed by atoms with Gasteiger partial charge in [0.1, 0.15) is 0 Å². The van der Waals surface area contributed by atoms with Gasteiger partial charge >= 0.3 is 5.97 Å². The number of piperazine rings is 1. The molecule has 1 aromatic rings. The lowest BCUT2D eigenvalue weighted by Gasteiger charge is -2.41. The molecule has 170 valence electrons. The summed E-state index contributed by atoms with van der Waals surface area (Å²) in [5.41, 5.74) is 2.55. The molecule has 0 bridgehead atoms. The zero-order valence-corrected chi connectivity index (χ0v) is 19.1. The fourth-order valence-electron chi connectivity index (χ4n) is 4.61. The first-order valence-electron chi connectivity index (χ1n) is 11.1. The van der Waals surface area contributed by atoms with Gasteiger partial charge in [0, 0.05) is 55.3 Å². The number of halogens is 1. The standard InChI is InChI=1S/C23H32ClN3O4/c1-15-13-26(9-10-27(15)23(31)17-5-3-4-6-17)14-18-11-19(24)12-20(16(18)2)25-21(28)7-8-22(29)30/h11-12,15,17H,3-10,13-14H2,1-2H3,(H,25,28)(H,29,30)/t15-/m0/s1. The SMILES string of the molecule is Cc1c(CN2CCN(C(=O)C3CCCC3)[C@@H](C)C2)cc(Cl)cc1NC(=O)CCC(=O)O. The molecule has 0 unspecified atom stereocenters. The maximum atomic E-state index is 12.8. The molecule has 2 N–H and O–H groups in total. The first kappa shape index (κ1) is 23.5. The number of carboxylic acid groups (broad SMARTS) is 1. The smallest absolute Gasteiger partial charge is 0.303 e. The minimum Gasteiger partial charge on any atom is -0.481 e. The topological polar surface area (TPSA) is 90.0 Å². The molecule has 1 saturated heterocycles. The van der Waals surface area contributed by atoms with Crippen LogP contribution in [0.15, 0.2) is 12.1 Å². The number of carboxylic acids is 1. The van der Waals surface area contributed by atoms with Gasteiger partial charge in [-0.2, -0.15) is 0 Å². The summed E-state index contributed by atoms with van der Waals surface area (Å²) in [5, 5.41) is 12.1. The summed E-state index contributed by atoms with van der Waals surface area (Å²) >= 11 is 6.30. The summed E-state index contributed by atoms with van der Waals surface area (Å²) in [6, 6.07) is 3.77. The normalized spacial score (nSPS) is 20.1. The van der Waals surface area contributed by atoms with E-state index in [1.54, 1.807) is 6.07 Å². The van der Waals surface area contributed by atoms with Crippen LogP contribution in [0.4, 0.5) is 5.69 Å². The van der Waals surface area contributed by atoms with Gasteiger partial charge in [0.15, 0.2) is 0 Å². The quantitative estimate of drug-likeness (QED) is 0.662. The van der Waals surface area contributed by atoms with Gasteiger partial charge in [-0.15, -0.1) is 0 Å². The molecule has 1 atom stereocenters. The summed E-state index contributed by atoms with van der Waals surface area (Å²) in [7, 11) is 0. The minimum atomic E-state index is -1.00. The van der Waals surface area contributed by atoms with E-state index >= 15 is 0 Å². The van der Waals surface area contributed by atoms with Gasteiger partial charge in [0.25, 0.3) is 0 Å². The molecule has 31 heavy (non-hydrogen) atoms. The number of aliphatic carboxylic acids is 1. The Kier molecular flexibility index (Phi) is 7.94. The summed E-state index contributed by atoms with van der Waals surface area (Å²) in [6.07, 6.45) is 4.08. The number of anilines is 1. The zero-order valence-electron chi connectivity index (χ0n) is 18.3. The maximum Gasteiger partial charge on any atom is 0.303 e. The third-order valence-corrected chi connectivity index (χ3v) is 6.63. The Morgan fingerprint density at radius 1 is 1.16 bits per heavy atom. The number of nitrogens with zero attached hydrogens (tertiary/aromatic N) is 2. The second kappa shape index (κ2) is 10.5. The zero-order chi connectivity index (χ0) is 22.5. The van der Waals surface area contributed by atoms with Crippen molar-refractivity contribution in [2.45, 2.75) is 65.0 Å². The van der Waals surface area contributed by atoms with Gasteiger partial charge in [-0.1, -0.05) is 24.4 Å². The van der Waals surface area contributed by atoms with Crippen molar-refractivity contribution in [3.05, 3.63) is 28.3 Å². The van der Waals surface area contributed by atoms with Crippen LogP contribution in [-0.4, -0.2) is 58.4 Å². The highest BCUT2D eigenvalue weighted by molar-refractivity contribution is 6.31. The molecule has 1 aliphatic carbocycles. The summed E-state index contributed by atoms with van der Waals surface area (Å²) in [6.45, 7) is 7.05. The summed E-state index contributed by atoms with van der Waals surface area (Å²) < 4.78 is 0. The van der Waals surface area contributed by atoms with E-state index in [4.69, 9.17) is 16.7 Å². The van der Waals surface area contributed by atoms with Crippen LogP contribution in [0, 0.1) is 12.8 Å². The van der Waals surface area contributed by atoms with E-state index in [-0.39, 0.29) is 30.7 Å². The van der Waals surface area contributed by atoms with Crippen molar-refractivity contribution in [2.75, 3.05) is 25.0 Å². The molecule has 2 aliphatic rings. The highest BCUT2D eigenvalue weighted by Gasteiger charge is 2.33. The third kappa shape index (κ3) is 6.20. The van der Waals surface area contributed by atoms with E-state index < -0.39 is 5.97 Å². The number of benzene rings is 1. The fraction of sp³-hybridized carbons (Fsp3) is 0.609. The van der Waals surface area contributed by atoms with Crippen molar-refractivity contribution < 1.29 is 19.5 Å². The van der Waals surface area contributed by atoms with Crippen molar-refractivity contribution >= 4 is 35.1 Å². The van der Waals surface area contributed by atoms with Crippen LogP contribution < -0.4 is 5.32 Å². The number of rotatable bonds is 7. The number of hydrogen-bond acceptors (Lipinski definition) is 4. The van der Waals surface area contributed by atoms with Gasteiger partial charge in [-0.25, -0.2) is 0 Å². The van der Waals surface area contributed by atoms with Gasteiger partial charge in [-0.05, 0) is 49.9 Å². The molecule has 0 aromatic heterocycles. The average Bonchev–Trinajstić information content (AvgIpc) is 3.24. The van der Waals surface area contributed by atoms with Crippen LogP contribution in [0.5, 0.6) is 0 Å². The lowest BCUT2D eigenvalue weighted by atomic mass is 10.0. The van der Waals surface area contributed by atoms with Crippen molar-refractivity contribution in [1.82, 2.24) is 9.80 Å². The second-order valence-electron chi connectivity index (χ2n) is 8.78. The Morgan fingerprint density at radius 2 is 1.87 bits per heavy atom. The Balaban J connectivity index is 1.62. The molecule has 0 spiro atoms. The average molecular weight is 450 g/mol. The largest absolute Gasteiger partial charge is 0.481 e. The van der Waals surface area contributed by atoms with Gasteiger partial charge in [0.05, 0.1) is 6.42 Å². The van der Waals surface area contributed by atoms with E-state index in [9.17, 15) is 14.4 Å². The van der Waals surface area contributed by atoms with Crippen molar-refractivity contribution in [2.24, 2.45) is 5.92 Å². The van der Waals surface area contributed by atoms with Crippen molar-refractivity contribution in [1.29, 1.82) is 0 Å². The number of amides is 2. The number of nitrogens with one attached hydrogen (secondary N) is 1. The highest BCUT2D eigenvalue weighted by atomic mass is 35.5. The minimum absolute atomic E-state index is 0.0783. The number of hydrogen-bond donors (Lipinski definition) is 2. The summed E-state index contributed by atoms with van der Waals surface area (Å²) in [4.78, 5) is 40.0. The van der Waals surface area contributed by atoms with Gasteiger partial charge in [0.2, 0.25) is 11.8 Å². The van der Waals surface area contributed by atoms with E-state index in [0.717, 1.165) is 56.4 Å². The van der Waals surface area contributed by atoms with E-state index in [0.29, 0.717) is 23.2 Å². The van der Waals surface area contributed by atoms with Crippen molar-refractivity contribution in [3.8, 4) is 0 Å².